The zero-order valence-electron chi connectivity index (χ0n) is 80.2. The third-order valence-electron chi connectivity index (χ3n) is 23.0. The van der Waals surface area contributed by atoms with Crippen LogP contribution in [0, 0.1) is 63.7 Å². The van der Waals surface area contributed by atoms with Crippen LogP contribution in [0.1, 0.15) is 263 Å². The van der Waals surface area contributed by atoms with Gasteiger partial charge in [0.2, 0.25) is 35.6 Å². The Morgan fingerprint density at radius 1 is 0.496 bits per heavy atom. The maximum Gasteiger partial charge on any atom is 3.00 e. The summed E-state index contributed by atoms with van der Waals surface area (Å²) in [4.78, 5) is 101. The van der Waals surface area contributed by atoms with Crippen LogP contribution in [0.5, 0.6) is 0 Å². The molecule has 6 aliphatic carbocycles. The van der Waals surface area contributed by atoms with Crippen molar-refractivity contribution in [2.75, 3.05) is 21.3 Å². The number of hydrogen-bond acceptors (Lipinski definition) is 11. The Hall–Kier alpha value is -9.69. The van der Waals surface area contributed by atoms with Gasteiger partial charge in [-0.3, -0.25) is 34.5 Å². The molecule has 0 spiro atoms. The molecule has 4 aromatic rings. The SMILES string of the molecule is CC(C)(C)OC(=O)C=[N+]=[N-].CC(C)(C)OC(=O)[C@@H]1C[C@H]1C(N)=O.CC(C)(C)c1cc(C2=C\C=C/C(=[N-])/C(c3c(NC(=O)[C@H]4CC4(C)C)cccc3NC(=O)[C@H]3CC3(C)C)=C(N)/C=C\C=C(/c3cc(C(C)(C)C)cc(C(C)(C)C)c3)C\C=C/C([NH-])=C(c3c(NC(=O)[C@H]4CC4(C)C)cccc3NC(=O)[C@H]3CC3(C)C)\C([NH-])=C\C=C\2)cc(C(C)(C)C)c1.S.S.S.S.[CH+]=CC(N)=O.[Co+3]. The monoisotopic (exact) mass is 1880 g/mol. The van der Waals surface area contributed by atoms with Gasteiger partial charge in [-0.15, -0.1) is 21.9 Å². The molecule has 0 aromatic heterocycles. The summed E-state index contributed by atoms with van der Waals surface area (Å²) < 4.78 is 9.83. The number of rotatable bonds is 16. The van der Waals surface area contributed by atoms with Gasteiger partial charge in [0.15, 0.2) is 0 Å². The van der Waals surface area contributed by atoms with E-state index in [4.69, 9.17) is 26.5 Å². The van der Waals surface area contributed by atoms with E-state index in [1.807, 2.05) is 30.4 Å². The molecule has 129 heavy (non-hydrogen) atoms. The smallest absolute Gasteiger partial charge is 0.803 e. The van der Waals surface area contributed by atoms with Crippen LogP contribution in [0.25, 0.3) is 44.7 Å². The van der Waals surface area contributed by atoms with E-state index >= 15 is 0 Å². The van der Waals surface area contributed by atoms with E-state index in [1.54, 1.807) is 114 Å². The predicted octanol–water partition coefficient (Wildman–Crippen LogP) is 21.7. The molecule has 6 amide bonds. The Morgan fingerprint density at radius 2 is 0.837 bits per heavy atom. The molecule has 0 aliphatic heterocycles. The second-order valence-electron chi connectivity index (χ2n) is 42.3. The van der Waals surface area contributed by atoms with E-state index in [0.717, 1.165) is 45.0 Å². The molecule has 6 atom stereocenters. The molecule has 0 bridgehead atoms. The summed E-state index contributed by atoms with van der Waals surface area (Å²) in [6.45, 7) is 57.9. The summed E-state index contributed by atoms with van der Waals surface area (Å²) >= 11 is 0. The molecule has 12 N–H and O–H groups in total. The van der Waals surface area contributed by atoms with Gasteiger partial charge in [-0.05, 0) is 209 Å². The van der Waals surface area contributed by atoms with Crippen molar-refractivity contribution in [1.29, 1.82) is 0 Å². The fraction of sp³-hybridized carbons (Fsp3) is 0.471. The van der Waals surface area contributed by atoms with Crippen molar-refractivity contribution in [2.24, 2.45) is 74.4 Å². The first-order valence-corrected chi connectivity index (χ1v) is 42.6. The second kappa shape index (κ2) is 45.0. The predicted molar refractivity (Wildman–Crippen MR) is 545 cm³/mol. The molecule has 10 rings (SSSR count). The molecule has 5 fully saturated rings. The molecule has 27 heteroatoms. The number of primary amides is 2. The van der Waals surface area contributed by atoms with Crippen LogP contribution in [0.15, 0.2) is 163 Å². The van der Waals surface area contributed by atoms with Crippen molar-refractivity contribution in [3.63, 3.8) is 0 Å². The number of allylic oxidation sites excluding steroid dienone is 15. The summed E-state index contributed by atoms with van der Waals surface area (Å²) in [6.07, 6.45) is 24.9. The third-order valence-corrected chi connectivity index (χ3v) is 23.0. The van der Waals surface area contributed by atoms with E-state index in [2.05, 4.69) is 213 Å². The number of nitrogens with one attached hydrogen (secondary N) is 6. The van der Waals surface area contributed by atoms with E-state index < -0.39 is 29.0 Å². The molecule has 5 saturated carbocycles. The van der Waals surface area contributed by atoms with Crippen molar-refractivity contribution >= 4 is 158 Å². The number of nitrogens with zero attached hydrogens (tertiary/aromatic N) is 3. The molecule has 4 aromatic carbocycles. The number of ether oxygens (including phenoxy) is 2. The zero-order valence-corrected chi connectivity index (χ0v) is 85.2. The Labute approximate surface area is 805 Å². The van der Waals surface area contributed by atoms with E-state index in [9.17, 15) is 55.2 Å². The van der Waals surface area contributed by atoms with Gasteiger partial charge in [-0.2, -0.15) is 58.8 Å². The average molecular weight is 1880 g/mol. The van der Waals surface area contributed by atoms with Gasteiger partial charge in [0.05, 0.1) is 41.2 Å². The summed E-state index contributed by atoms with van der Waals surface area (Å²) in [5.41, 5.74) is 52.7. The minimum absolute atomic E-state index is 0. The Morgan fingerprint density at radius 3 is 1.16 bits per heavy atom. The van der Waals surface area contributed by atoms with Crippen molar-refractivity contribution in [3.8, 4) is 0 Å². The zero-order chi connectivity index (χ0) is 93.5. The number of benzene rings is 4. The minimum atomic E-state index is -0.644. The number of nitrogens with two attached hydrogens (primary N) is 3. The quantitative estimate of drug-likeness (QED) is 0.0138. The molecular weight excluding hydrogens is 1740 g/mol. The maximum absolute atomic E-state index is 14.2. The van der Waals surface area contributed by atoms with Crippen molar-refractivity contribution in [3.05, 3.63) is 236 Å². The summed E-state index contributed by atoms with van der Waals surface area (Å²) in [6, 6.07) is 23.9. The van der Waals surface area contributed by atoms with Crippen LogP contribution in [-0.4, -0.2) is 75.3 Å². The van der Waals surface area contributed by atoms with Crippen LogP contribution in [0.4, 0.5) is 22.7 Å². The van der Waals surface area contributed by atoms with Gasteiger partial charge in [-0.1, -0.05) is 248 Å². The molecule has 0 heterocycles. The minimum Gasteiger partial charge on any atom is -0.803 e. The van der Waals surface area contributed by atoms with Gasteiger partial charge >= 0.3 is 40.8 Å². The van der Waals surface area contributed by atoms with Gasteiger partial charge in [0, 0.05) is 40.5 Å². The standard InChI is InChI=1S/C84H108N8O4.C9H15NO3.C6H10N2O2.C3H3NO.Co.4H2S/c1-77(2,3)53-39-51(40-54(43-53)78(4,5)6)49-27-21-31-61(85)69(71-65(89-73(93)57-45-81(57,13)14)35-25-36-66(71)90-74(94)58-46-82(58,15)16)63(87)33-23-29-50(52-41-55(79(7,8)9)44-56(42-52)80(10,11)12)30-24-34-64(88)70(62(86)32-22-28-49)72-67(91-75(95)59-47-83(59,17)18)37-26-38-68(72)92-76(96)60-48-84(60,19)20;1-9(2,3)13-8(12)6-4-5(6)7(10)11;1-6(2,3)10-5(9)4-8-7;1-2-3(4)5;;;;;/h21-29,31-44,57-60H,30,45-48H2,1-20H3,(H11,85,86,87,88,89,90,91,92,93,94,95,96);5-6H,4H2,1-3H3,(H2,10,11);4H,1-3H3;1-2H,(H-,4,5);;4*1H2/q;;;;+3;;;;/p-2/b33-23-,34-24-,50-29-;;;;;;;;/t57-,58-,59-,60-;5-,6-;;;;;;;/m11......./s1. The first kappa shape index (κ1) is 115. The Bertz CT molecular complexity index is 5050. The fourth-order valence-corrected chi connectivity index (χ4v) is 14.2. The number of carbonyl (C=O) groups is 8. The summed E-state index contributed by atoms with van der Waals surface area (Å²) in [5, 5.41) is 25.8. The van der Waals surface area contributed by atoms with E-state index in [1.165, 1.54) is 0 Å². The second-order valence-corrected chi connectivity index (χ2v) is 42.3. The van der Waals surface area contributed by atoms with Crippen LogP contribution in [0.2, 0.25) is 0 Å². The van der Waals surface area contributed by atoms with E-state index in [-0.39, 0.29) is 213 Å². The van der Waals surface area contributed by atoms with Crippen molar-refractivity contribution < 1.29 is 69.4 Å². The normalized spacial score (nSPS) is 23.2. The van der Waals surface area contributed by atoms with Crippen LogP contribution < -0.4 is 38.5 Å². The number of anilines is 4. The summed E-state index contributed by atoms with van der Waals surface area (Å²) in [7, 11) is 0. The number of carbonyl (C=O) groups excluding carboxylic acids is 8. The first-order valence-electron chi connectivity index (χ1n) is 42.6. The van der Waals surface area contributed by atoms with E-state index in [0.29, 0.717) is 84.2 Å². The number of amides is 6. The largest absolute Gasteiger partial charge is 3.00 e. The molecular formula is C102H142CoN12O10S4+. The van der Waals surface area contributed by atoms with Gasteiger partial charge in [0.25, 0.3) is 0 Å². The Kier molecular flexibility index (Phi) is 40.2. The number of esters is 2. The molecule has 22 nitrogen and oxygen atoms in total. The molecule has 0 saturated heterocycles. The topological polar surface area (TPSA) is 387 Å². The fourth-order valence-electron chi connectivity index (χ4n) is 14.2. The molecule has 6 aliphatic rings. The summed E-state index contributed by atoms with van der Waals surface area (Å²) in [5.74, 6) is -4.23. The first-order chi connectivity index (χ1) is 56.9. The molecule has 702 valence electrons. The van der Waals surface area contributed by atoms with Crippen molar-refractivity contribution in [1.82, 2.24) is 0 Å². The van der Waals surface area contributed by atoms with Gasteiger partial charge in [-0.25, -0.2) is 4.79 Å². The maximum atomic E-state index is 14.2. The van der Waals surface area contributed by atoms with Crippen LogP contribution in [0.3, 0.4) is 0 Å². The van der Waals surface area contributed by atoms with Gasteiger partial charge < -0.3 is 64.6 Å². The third kappa shape index (κ3) is 33.3. The Balaban J connectivity index is 0.00000146. The molecule has 0 unspecified atom stereocenters. The van der Waals surface area contributed by atoms with Crippen molar-refractivity contribution in [2.45, 2.75) is 251 Å². The van der Waals surface area contributed by atoms with Crippen LogP contribution in [-0.2, 0) is 86.3 Å². The average Bonchev–Trinajstić information content (AvgIpc) is 1.61. The van der Waals surface area contributed by atoms with Gasteiger partial charge in [0.1, 0.15) is 11.2 Å². The van der Waals surface area contributed by atoms with Crippen LogP contribution >= 0.6 is 54.0 Å². The number of hydrogen-bond donors (Lipinski definition) is 7. The molecule has 0 radical (unpaired) electrons.